The predicted molar refractivity (Wildman–Crippen MR) is 86.4 cm³/mol. The van der Waals surface area contributed by atoms with Crippen molar-refractivity contribution in [2.45, 2.75) is 32.9 Å². The minimum absolute atomic E-state index is 0.0120. The molecule has 1 aromatic carbocycles. The first kappa shape index (κ1) is 16.9. The van der Waals surface area contributed by atoms with E-state index >= 15 is 0 Å². The molecule has 0 N–H and O–H groups in total. The monoisotopic (exact) mass is 316 g/mol. The first-order valence-electron chi connectivity index (χ1n) is 7.64. The standard InChI is InChI=1S/C18H21FN2O2/c1-14(2)21(13-16-7-3-4-10-20-16)18(22)9-11-23-17-8-5-6-15(19)12-17/h3-8,10,12,14H,9,11,13H2,1-2H3. The summed E-state index contributed by atoms with van der Waals surface area (Å²) in [7, 11) is 0. The van der Waals surface area contributed by atoms with Crippen LogP contribution in [0.4, 0.5) is 4.39 Å². The second-order valence-electron chi connectivity index (χ2n) is 5.49. The van der Waals surface area contributed by atoms with Crippen molar-refractivity contribution in [2.75, 3.05) is 6.61 Å². The molecule has 0 aliphatic heterocycles. The SMILES string of the molecule is CC(C)N(Cc1ccccn1)C(=O)CCOc1cccc(F)c1. The third-order valence-corrected chi connectivity index (χ3v) is 3.38. The van der Waals surface area contributed by atoms with Gasteiger partial charge in [0.05, 0.1) is 25.3 Å². The quantitative estimate of drug-likeness (QED) is 0.786. The van der Waals surface area contributed by atoms with Crippen molar-refractivity contribution >= 4 is 5.91 Å². The normalized spacial score (nSPS) is 10.6. The van der Waals surface area contributed by atoms with Crippen LogP contribution in [0.5, 0.6) is 5.75 Å². The third-order valence-electron chi connectivity index (χ3n) is 3.38. The van der Waals surface area contributed by atoms with Gasteiger partial charge in [0, 0.05) is 18.3 Å². The molecule has 1 aromatic heterocycles. The van der Waals surface area contributed by atoms with Crippen LogP contribution >= 0.6 is 0 Å². The Hall–Kier alpha value is -2.43. The van der Waals surface area contributed by atoms with Gasteiger partial charge in [0.1, 0.15) is 11.6 Å². The van der Waals surface area contributed by atoms with Gasteiger partial charge < -0.3 is 9.64 Å². The van der Waals surface area contributed by atoms with Crippen molar-refractivity contribution in [2.24, 2.45) is 0 Å². The largest absolute Gasteiger partial charge is 0.493 e. The lowest BCUT2D eigenvalue weighted by molar-refractivity contribution is -0.134. The molecule has 2 rings (SSSR count). The highest BCUT2D eigenvalue weighted by Crippen LogP contribution is 2.13. The van der Waals surface area contributed by atoms with E-state index in [4.69, 9.17) is 4.74 Å². The number of hydrogen-bond acceptors (Lipinski definition) is 3. The summed E-state index contributed by atoms with van der Waals surface area (Å²) in [4.78, 5) is 18.4. The number of pyridine rings is 1. The van der Waals surface area contributed by atoms with E-state index in [1.54, 1.807) is 23.2 Å². The molecule has 0 spiro atoms. The lowest BCUT2D eigenvalue weighted by atomic mass is 10.2. The van der Waals surface area contributed by atoms with E-state index in [9.17, 15) is 9.18 Å². The van der Waals surface area contributed by atoms with E-state index < -0.39 is 0 Å². The maximum absolute atomic E-state index is 13.1. The van der Waals surface area contributed by atoms with Crippen LogP contribution in [0.2, 0.25) is 0 Å². The average Bonchev–Trinajstić information content (AvgIpc) is 2.53. The molecule has 0 bridgehead atoms. The van der Waals surface area contributed by atoms with Crippen LogP contribution < -0.4 is 4.74 Å². The van der Waals surface area contributed by atoms with Crippen molar-refractivity contribution in [3.8, 4) is 5.75 Å². The molecule has 4 nitrogen and oxygen atoms in total. The zero-order valence-corrected chi connectivity index (χ0v) is 13.4. The number of hydrogen-bond donors (Lipinski definition) is 0. The minimum Gasteiger partial charge on any atom is -0.493 e. The van der Waals surface area contributed by atoms with Crippen LogP contribution in [-0.2, 0) is 11.3 Å². The highest BCUT2D eigenvalue weighted by molar-refractivity contribution is 5.76. The fourth-order valence-corrected chi connectivity index (χ4v) is 2.18. The van der Waals surface area contributed by atoms with Gasteiger partial charge in [-0.1, -0.05) is 12.1 Å². The van der Waals surface area contributed by atoms with Crippen LogP contribution in [0.25, 0.3) is 0 Å². The van der Waals surface area contributed by atoms with Gasteiger partial charge >= 0.3 is 0 Å². The van der Waals surface area contributed by atoms with Gasteiger partial charge in [-0.05, 0) is 38.1 Å². The third kappa shape index (κ3) is 5.36. The van der Waals surface area contributed by atoms with Crippen molar-refractivity contribution in [1.82, 2.24) is 9.88 Å². The molecule has 0 saturated heterocycles. The molecule has 5 heteroatoms. The van der Waals surface area contributed by atoms with Crippen molar-refractivity contribution in [1.29, 1.82) is 0 Å². The number of carbonyl (C=O) groups excluding carboxylic acids is 1. The lowest BCUT2D eigenvalue weighted by Gasteiger charge is -2.26. The Morgan fingerprint density at radius 2 is 2.09 bits per heavy atom. The van der Waals surface area contributed by atoms with E-state index in [2.05, 4.69) is 4.98 Å². The van der Waals surface area contributed by atoms with E-state index in [-0.39, 0.29) is 30.8 Å². The summed E-state index contributed by atoms with van der Waals surface area (Å²) < 4.78 is 18.5. The zero-order valence-electron chi connectivity index (χ0n) is 13.4. The smallest absolute Gasteiger partial charge is 0.226 e. The number of benzene rings is 1. The van der Waals surface area contributed by atoms with Gasteiger partial charge in [-0.3, -0.25) is 9.78 Å². The fraction of sp³-hybridized carbons (Fsp3) is 0.333. The molecule has 0 radical (unpaired) electrons. The van der Waals surface area contributed by atoms with Gasteiger partial charge in [0.2, 0.25) is 5.91 Å². The molecule has 1 heterocycles. The molecule has 23 heavy (non-hydrogen) atoms. The molecular formula is C18H21FN2O2. The van der Waals surface area contributed by atoms with Gasteiger partial charge in [-0.2, -0.15) is 0 Å². The molecule has 0 atom stereocenters. The van der Waals surface area contributed by atoms with Crippen molar-refractivity contribution < 1.29 is 13.9 Å². The molecule has 0 fully saturated rings. The highest BCUT2D eigenvalue weighted by Gasteiger charge is 2.17. The summed E-state index contributed by atoms with van der Waals surface area (Å²) in [6.07, 6.45) is 1.95. The van der Waals surface area contributed by atoms with E-state index in [0.29, 0.717) is 12.3 Å². The Bertz CT molecular complexity index is 632. The van der Waals surface area contributed by atoms with Crippen LogP contribution in [-0.4, -0.2) is 28.4 Å². The molecule has 0 unspecified atom stereocenters. The Morgan fingerprint density at radius 1 is 1.26 bits per heavy atom. The lowest BCUT2D eigenvalue weighted by Crippen LogP contribution is -2.37. The van der Waals surface area contributed by atoms with Gasteiger partial charge in [-0.15, -0.1) is 0 Å². The number of amides is 1. The molecular weight excluding hydrogens is 295 g/mol. The maximum atomic E-state index is 13.1. The number of aromatic nitrogens is 1. The van der Waals surface area contributed by atoms with Gasteiger partial charge in [-0.25, -0.2) is 4.39 Å². The predicted octanol–water partition coefficient (Wildman–Crippen LogP) is 3.43. The van der Waals surface area contributed by atoms with E-state index in [0.717, 1.165) is 5.69 Å². The Kier molecular flexibility index (Phi) is 6.09. The summed E-state index contributed by atoms with van der Waals surface area (Å²) >= 11 is 0. The van der Waals surface area contributed by atoms with Crippen LogP contribution in [0.3, 0.4) is 0 Å². The number of nitrogens with zero attached hydrogens (tertiary/aromatic N) is 2. The number of ether oxygens (including phenoxy) is 1. The van der Waals surface area contributed by atoms with Crippen LogP contribution in [0.15, 0.2) is 48.7 Å². The summed E-state index contributed by atoms with van der Waals surface area (Å²) in [5, 5.41) is 0. The second-order valence-corrected chi connectivity index (χ2v) is 5.49. The first-order chi connectivity index (χ1) is 11.1. The Balaban J connectivity index is 1.88. The molecule has 1 amide bonds. The number of halogens is 1. The zero-order chi connectivity index (χ0) is 16.7. The van der Waals surface area contributed by atoms with Crippen molar-refractivity contribution in [3.05, 3.63) is 60.2 Å². The van der Waals surface area contributed by atoms with Crippen LogP contribution in [0.1, 0.15) is 26.0 Å². The molecule has 122 valence electrons. The van der Waals surface area contributed by atoms with E-state index in [1.807, 2.05) is 32.0 Å². The summed E-state index contributed by atoms with van der Waals surface area (Å²) in [6.45, 7) is 4.62. The number of carbonyl (C=O) groups is 1. The second kappa shape index (κ2) is 8.27. The van der Waals surface area contributed by atoms with Gasteiger partial charge in [0.15, 0.2) is 0 Å². The van der Waals surface area contributed by atoms with Crippen LogP contribution in [0, 0.1) is 5.82 Å². The topological polar surface area (TPSA) is 42.4 Å². The van der Waals surface area contributed by atoms with E-state index in [1.165, 1.54) is 12.1 Å². The summed E-state index contributed by atoms with van der Waals surface area (Å²) in [6, 6.07) is 11.6. The fourth-order valence-electron chi connectivity index (χ4n) is 2.18. The molecule has 0 aliphatic rings. The molecule has 0 saturated carbocycles. The summed E-state index contributed by atoms with van der Waals surface area (Å²) in [5.74, 6) is 0.0634. The average molecular weight is 316 g/mol. The maximum Gasteiger partial charge on any atom is 0.226 e. The molecule has 2 aromatic rings. The summed E-state index contributed by atoms with van der Waals surface area (Å²) in [5.41, 5.74) is 0.848. The Morgan fingerprint density at radius 3 is 2.74 bits per heavy atom. The first-order valence-corrected chi connectivity index (χ1v) is 7.64. The molecule has 0 aliphatic carbocycles. The highest BCUT2D eigenvalue weighted by atomic mass is 19.1. The van der Waals surface area contributed by atoms with Gasteiger partial charge in [0.25, 0.3) is 0 Å². The Labute approximate surface area is 135 Å². The minimum atomic E-state index is -0.354. The van der Waals surface area contributed by atoms with Crippen molar-refractivity contribution in [3.63, 3.8) is 0 Å². The number of rotatable bonds is 7.